The van der Waals surface area contributed by atoms with Crippen LogP contribution in [0.3, 0.4) is 0 Å². The summed E-state index contributed by atoms with van der Waals surface area (Å²) in [6.45, 7) is 0.128. The first-order chi connectivity index (χ1) is 17.4. The lowest BCUT2D eigenvalue weighted by Gasteiger charge is -2.20. The van der Waals surface area contributed by atoms with Crippen molar-refractivity contribution in [3.8, 4) is 11.5 Å². The monoisotopic (exact) mass is 508 g/mol. The molecular weight excluding hydrogens is 484 g/mol. The molecule has 186 valence electrons. The largest absolute Gasteiger partial charge is 0.495 e. The van der Waals surface area contributed by atoms with E-state index >= 15 is 0 Å². The number of nitrogens with zero attached hydrogens (tertiary/aromatic N) is 2. The molecule has 4 fully saturated rings. The Bertz CT molecular complexity index is 1270. The van der Waals surface area contributed by atoms with Gasteiger partial charge in [0.25, 0.3) is 0 Å². The molecule has 0 unspecified atom stereocenters. The number of anilines is 2. The fourth-order valence-electron chi connectivity index (χ4n) is 6.52. The van der Waals surface area contributed by atoms with Gasteiger partial charge in [-0.15, -0.1) is 0 Å². The molecule has 2 bridgehead atoms. The Hall–Kier alpha value is -3.39. The molecule has 2 aliphatic heterocycles. The molecule has 2 aromatic rings. The van der Waals surface area contributed by atoms with Gasteiger partial charge in [0.1, 0.15) is 11.5 Å². The SMILES string of the molecule is COc1ccc(Cl)cc1N1C[C@H](C(=O)Oc2cccc(N3C(=O)[C@H]4[C@H]5CC[C@@H](C5)[C@@H]4C3=O)c2)CC1=O. The number of rotatable bonds is 5. The second-order valence-electron chi connectivity index (χ2n) is 10.0. The molecule has 2 heterocycles. The normalized spacial score (nSPS) is 28.7. The number of imide groups is 1. The summed E-state index contributed by atoms with van der Waals surface area (Å²) in [6, 6.07) is 11.4. The van der Waals surface area contributed by atoms with Crippen molar-refractivity contribution in [2.75, 3.05) is 23.5 Å². The lowest BCUT2D eigenvalue weighted by Crippen LogP contribution is -2.32. The maximum atomic E-state index is 13.1. The number of amides is 3. The number of benzene rings is 2. The van der Waals surface area contributed by atoms with Crippen molar-refractivity contribution in [1.29, 1.82) is 0 Å². The summed E-state index contributed by atoms with van der Waals surface area (Å²) in [5.74, 6) is -0.915. The molecule has 9 heteroatoms. The molecule has 2 aliphatic carbocycles. The van der Waals surface area contributed by atoms with Gasteiger partial charge in [0.15, 0.2) is 0 Å². The van der Waals surface area contributed by atoms with Crippen LogP contribution in [0.15, 0.2) is 42.5 Å². The number of esters is 1. The summed E-state index contributed by atoms with van der Waals surface area (Å²) in [6.07, 6.45) is 2.98. The van der Waals surface area contributed by atoms with Crippen LogP contribution in [0.2, 0.25) is 5.02 Å². The fourth-order valence-corrected chi connectivity index (χ4v) is 6.69. The minimum Gasteiger partial charge on any atom is -0.495 e. The Labute approximate surface area is 213 Å². The van der Waals surface area contributed by atoms with E-state index in [0.717, 1.165) is 19.3 Å². The van der Waals surface area contributed by atoms with Crippen molar-refractivity contribution < 1.29 is 28.7 Å². The van der Waals surface area contributed by atoms with Gasteiger partial charge in [-0.05, 0) is 61.4 Å². The highest BCUT2D eigenvalue weighted by Gasteiger charge is 2.61. The van der Waals surface area contributed by atoms with Gasteiger partial charge < -0.3 is 14.4 Å². The van der Waals surface area contributed by atoms with Crippen LogP contribution in [0.4, 0.5) is 11.4 Å². The highest BCUT2D eigenvalue weighted by Crippen LogP contribution is 2.56. The van der Waals surface area contributed by atoms with E-state index in [1.54, 1.807) is 42.5 Å². The first-order valence-corrected chi connectivity index (χ1v) is 12.6. The van der Waals surface area contributed by atoms with Gasteiger partial charge in [-0.2, -0.15) is 0 Å². The van der Waals surface area contributed by atoms with E-state index in [1.165, 1.54) is 16.9 Å². The molecule has 0 radical (unpaired) electrons. The van der Waals surface area contributed by atoms with E-state index in [-0.39, 0.29) is 48.3 Å². The molecule has 6 rings (SSSR count). The Morgan fingerprint density at radius 2 is 1.72 bits per heavy atom. The van der Waals surface area contributed by atoms with Crippen molar-refractivity contribution in [2.45, 2.75) is 25.7 Å². The van der Waals surface area contributed by atoms with Gasteiger partial charge in [0.2, 0.25) is 17.7 Å². The molecule has 4 aliphatic rings. The Morgan fingerprint density at radius 1 is 1.00 bits per heavy atom. The van der Waals surface area contributed by atoms with Gasteiger partial charge in [0, 0.05) is 24.1 Å². The lowest BCUT2D eigenvalue weighted by molar-refractivity contribution is -0.139. The van der Waals surface area contributed by atoms with Crippen LogP contribution in [0.5, 0.6) is 11.5 Å². The summed E-state index contributed by atoms with van der Waals surface area (Å²) in [5, 5.41) is 0.449. The van der Waals surface area contributed by atoms with Crippen LogP contribution in [-0.2, 0) is 19.2 Å². The zero-order chi connectivity index (χ0) is 25.1. The standard InChI is InChI=1S/C27H25ClN2O6/c1-35-21-8-7-17(28)11-20(21)29-13-16(10-22(29)31)27(34)36-19-4-2-3-18(12-19)30-25(32)23-14-5-6-15(9-14)24(23)26(30)33/h2-4,7-8,11-12,14-16,23-24H,5-6,9-10,13H2,1H3/t14-,15-,16+,23-,24-/m0/s1. The Kier molecular flexibility index (Phi) is 5.52. The van der Waals surface area contributed by atoms with E-state index in [1.807, 2.05) is 0 Å². The van der Waals surface area contributed by atoms with Crippen LogP contribution in [0.1, 0.15) is 25.7 Å². The van der Waals surface area contributed by atoms with Crippen molar-refractivity contribution in [1.82, 2.24) is 0 Å². The second kappa shape index (κ2) is 8.62. The summed E-state index contributed by atoms with van der Waals surface area (Å²) in [7, 11) is 1.50. The molecule has 2 aromatic carbocycles. The van der Waals surface area contributed by atoms with E-state index in [9.17, 15) is 19.2 Å². The molecule has 3 amide bonds. The van der Waals surface area contributed by atoms with Crippen molar-refractivity contribution >= 4 is 46.7 Å². The van der Waals surface area contributed by atoms with Crippen molar-refractivity contribution in [3.63, 3.8) is 0 Å². The van der Waals surface area contributed by atoms with Crippen LogP contribution < -0.4 is 19.3 Å². The summed E-state index contributed by atoms with van der Waals surface area (Å²) >= 11 is 6.11. The average molecular weight is 509 g/mol. The third-order valence-electron chi connectivity index (χ3n) is 8.11. The number of ether oxygens (including phenoxy) is 2. The van der Waals surface area contributed by atoms with Crippen molar-refractivity contribution in [2.24, 2.45) is 29.6 Å². The number of fused-ring (bicyclic) bond motifs is 5. The summed E-state index contributed by atoms with van der Waals surface area (Å²) in [4.78, 5) is 54.7. The molecule has 8 nitrogen and oxygen atoms in total. The highest BCUT2D eigenvalue weighted by atomic mass is 35.5. The first-order valence-electron chi connectivity index (χ1n) is 12.2. The minimum atomic E-state index is -0.685. The maximum Gasteiger partial charge on any atom is 0.316 e. The Balaban J connectivity index is 1.17. The second-order valence-corrected chi connectivity index (χ2v) is 10.5. The topological polar surface area (TPSA) is 93.2 Å². The van der Waals surface area contributed by atoms with Gasteiger partial charge >= 0.3 is 5.97 Å². The quantitative estimate of drug-likeness (QED) is 0.346. The number of carbonyl (C=O) groups excluding carboxylic acids is 4. The van der Waals surface area contributed by atoms with Crippen LogP contribution in [0.25, 0.3) is 0 Å². The first kappa shape index (κ1) is 23.0. The van der Waals surface area contributed by atoms with Gasteiger partial charge in [0.05, 0.1) is 36.2 Å². The zero-order valence-corrected chi connectivity index (χ0v) is 20.4. The fraction of sp³-hybridized carbons (Fsp3) is 0.407. The number of carbonyl (C=O) groups is 4. The van der Waals surface area contributed by atoms with E-state index in [0.29, 0.717) is 34.0 Å². The molecule has 2 saturated carbocycles. The van der Waals surface area contributed by atoms with E-state index in [2.05, 4.69) is 0 Å². The summed E-state index contributed by atoms with van der Waals surface area (Å²) in [5.41, 5.74) is 0.912. The Morgan fingerprint density at radius 3 is 2.42 bits per heavy atom. The zero-order valence-electron chi connectivity index (χ0n) is 19.7. The smallest absolute Gasteiger partial charge is 0.316 e. The molecule has 0 spiro atoms. The highest BCUT2D eigenvalue weighted by molar-refractivity contribution is 6.31. The predicted octanol–water partition coefficient (Wildman–Crippen LogP) is 3.84. The third kappa shape index (κ3) is 3.58. The van der Waals surface area contributed by atoms with Gasteiger partial charge in [-0.3, -0.25) is 19.2 Å². The van der Waals surface area contributed by atoms with Gasteiger partial charge in [-0.25, -0.2) is 4.90 Å². The van der Waals surface area contributed by atoms with E-state index in [4.69, 9.17) is 21.1 Å². The van der Waals surface area contributed by atoms with Crippen LogP contribution in [0, 0.1) is 29.6 Å². The number of methoxy groups -OCH3 is 1. The molecule has 5 atom stereocenters. The number of halogens is 1. The third-order valence-corrected chi connectivity index (χ3v) is 8.35. The molecule has 0 N–H and O–H groups in total. The van der Waals surface area contributed by atoms with E-state index < -0.39 is 11.9 Å². The average Bonchev–Trinajstić information content (AvgIpc) is 3.62. The predicted molar refractivity (Wildman–Crippen MR) is 131 cm³/mol. The number of hydrogen-bond acceptors (Lipinski definition) is 6. The maximum absolute atomic E-state index is 13.1. The molecule has 36 heavy (non-hydrogen) atoms. The summed E-state index contributed by atoms with van der Waals surface area (Å²) < 4.78 is 11.0. The van der Waals surface area contributed by atoms with Gasteiger partial charge in [-0.1, -0.05) is 17.7 Å². The van der Waals surface area contributed by atoms with Crippen LogP contribution in [-0.4, -0.2) is 37.3 Å². The lowest BCUT2D eigenvalue weighted by atomic mass is 9.81. The molecule has 2 saturated heterocycles. The minimum absolute atomic E-state index is 0.0105. The number of hydrogen-bond donors (Lipinski definition) is 0. The van der Waals surface area contributed by atoms with Crippen LogP contribution >= 0.6 is 11.6 Å². The molecular formula is C27H25ClN2O6. The molecule has 0 aromatic heterocycles. The van der Waals surface area contributed by atoms with Crippen molar-refractivity contribution in [3.05, 3.63) is 47.5 Å².